The molecule has 0 spiro atoms. The summed E-state index contributed by atoms with van der Waals surface area (Å²) in [7, 11) is 0. The lowest BCUT2D eigenvalue weighted by Crippen LogP contribution is -2.11. The molecule has 0 radical (unpaired) electrons. The highest BCUT2D eigenvalue weighted by atomic mass is 32.1. The first-order valence-electron chi connectivity index (χ1n) is 5.84. The summed E-state index contributed by atoms with van der Waals surface area (Å²) in [5.41, 5.74) is 8.75. The molecule has 2 N–H and O–H groups in total. The Morgan fingerprint density at radius 3 is 2.44 bits per heavy atom. The molecule has 2 aromatic carbocycles. The maximum absolute atomic E-state index is 5.74. The molecular weight excluding hydrogens is 242 g/mol. The summed E-state index contributed by atoms with van der Waals surface area (Å²) in [4.78, 5) is 0.358. The molecule has 2 nitrogen and oxygen atoms in total. The Hall–Kier alpha value is -1.87. The van der Waals surface area contributed by atoms with E-state index in [1.54, 1.807) is 0 Å². The average Bonchev–Trinajstić information content (AvgIpc) is 2.40. The van der Waals surface area contributed by atoms with E-state index in [0.29, 0.717) is 11.6 Å². The van der Waals surface area contributed by atoms with Crippen molar-refractivity contribution in [3.63, 3.8) is 0 Å². The van der Waals surface area contributed by atoms with Crippen molar-refractivity contribution in [3.05, 3.63) is 54.1 Å². The Morgan fingerprint density at radius 1 is 1.11 bits per heavy atom. The third-order valence-corrected chi connectivity index (χ3v) is 2.87. The fraction of sp³-hybridized carbons (Fsp3) is 0.133. The van der Waals surface area contributed by atoms with Crippen LogP contribution in [-0.4, -0.2) is 11.6 Å². The molecule has 0 heterocycles. The first kappa shape index (κ1) is 12.6. The molecule has 0 aliphatic heterocycles. The van der Waals surface area contributed by atoms with Gasteiger partial charge >= 0.3 is 0 Å². The van der Waals surface area contributed by atoms with Gasteiger partial charge in [0.15, 0.2) is 0 Å². The lowest BCUT2D eigenvalue weighted by atomic mass is 10.0. The van der Waals surface area contributed by atoms with Crippen molar-refractivity contribution in [2.75, 3.05) is 6.61 Å². The van der Waals surface area contributed by atoms with Gasteiger partial charge < -0.3 is 10.5 Å². The maximum Gasteiger partial charge on any atom is 0.129 e. The maximum atomic E-state index is 5.74. The van der Waals surface area contributed by atoms with E-state index in [-0.39, 0.29) is 0 Å². The van der Waals surface area contributed by atoms with E-state index < -0.39 is 0 Å². The molecule has 2 aromatic rings. The van der Waals surface area contributed by atoms with Gasteiger partial charge in [-0.2, -0.15) is 0 Å². The Kier molecular flexibility index (Phi) is 3.95. The van der Waals surface area contributed by atoms with E-state index in [4.69, 9.17) is 22.7 Å². The molecule has 92 valence electrons. The van der Waals surface area contributed by atoms with E-state index in [1.807, 2.05) is 43.3 Å². The second kappa shape index (κ2) is 5.65. The smallest absolute Gasteiger partial charge is 0.129 e. The molecule has 0 aromatic heterocycles. The van der Waals surface area contributed by atoms with Crippen LogP contribution in [0.2, 0.25) is 0 Å². The minimum Gasteiger partial charge on any atom is -0.493 e. The first-order chi connectivity index (χ1) is 8.72. The van der Waals surface area contributed by atoms with Crippen LogP contribution in [-0.2, 0) is 0 Å². The van der Waals surface area contributed by atoms with Crippen LogP contribution in [0.15, 0.2) is 48.5 Å². The highest BCUT2D eigenvalue weighted by molar-refractivity contribution is 7.80. The van der Waals surface area contributed by atoms with Gasteiger partial charge in [-0.3, -0.25) is 0 Å². The van der Waals surface area contributed by atoms with Crippen molar-refractivity contribution in [1.82, 2.24) is 0 Å². The quantitative estimate of drug-likeness (QED) is 0.853. The predicted octanol–water partition coefficient (Wildman–Crippen LogP) is 3.39. The largest absolute Gasteiger partial charge is 0.493 e. The van der Waals surface area contributed by atoms with Gasteiger partial charge in [-0.25, -0.2) is 0 Å². The van der Waals surface area contributed by atoms with Crippen molar-refractivity contribution < 1.29 is 4.74 Å². The molecule has 3 heteroatoms. The van der Waals surface area contributed by atoms with E-state index >= 15 is 0 Å². The first-order valence-corrected chi connectivity index (χ1v) is 6.25. The Balaban J connectivity index is 2.46. The van der Waals surface area contributed by atoms with Crippen molar-refractivity contribution in [1.29, 1.82) is 0 Å². The van der Waals surface area contributed by atoms with Crippen LogP contribution >= 0.6 is 12.2 Å². The van der Waals surface area contributed by atoms with Crippen LogP contribution in [0.3, 0.4) is 0 Å². The van der Waals surface area contributed by atoms with E-state index in [0.717, 1.165) is 22.4 Å². The zero-order valence-electron chi connectivity index (χ0n) is 10.2. The zero-order chi connectivity index (χ0) is 13.0. The minimum atomic E-state index is 0.358. The van der Waals surface area contributed by atoms with Gasteiger partial charge in [0.05, 0.1) is 12.2 Å². The highest BCUT2D eigenvalue weighted by Crippen LogP contribution is 2.26. The van der Waals surface area contributed by atoms with Gasteiger partial charge in [0.1, 0.15) is 10.7 Å². The molecule has 2 rings (SSSR count). The molecule has 0 aliphatic carbocycles. The zero-order valence-corrected chi connectivity index (χ0v) is 11.0. The van der Waals surface area contributed by atoms with Crippen LogP contribution < -0.4 is 10.5 Å². The predicted molar refractivity (Wildman–Crippen MR) is 78.9 cm³/mol. The van der Waals surface area contributed by atoms with Crippen molar-refractivity contribution >= 4 is 17.2 Å². The number of rotatable bonds is 4. The molecular formula is C15H15NOS. The fourth-order valence-electron chi connectivity index (χ4n) is 1.81. The summed E-state index contributed by atoms with van der Waals surface area (Å²) in [5.74, 6) is 0.740. The monoisotopic (exact) mass is 257 g/mol. The molecule has 0 unspecified atom stereocenters. The standard InChI is InChI=1S/C15H15NOS/c1-2-17-14-9-8-12(10-13(14)15(16)18)11-6-4-3-5-7-11/h3-10H,2H2,1H3,(H2,16,18). The Morgan fingerprint density at radius 2 is 1.83 bits per heavy atom. The van der Waals surface area contributed by atoms with E-state index in [1.165, 1.54) is 0 Å². The van der Waals surface area contributed by atoms with E-state index in [2.05, 4.69) is 12.1 Å². The normalized spacial score (nSPS) is 10.1. The topological polar surface area (TPSA) is 35.2 Å². The van der Waals surface area contributed by atoms with Crippen molar-refractivity contribution in [2.24, 2.45) is 5.73 Å². The molecule has 18 heavy (non-hydrogen) atoms. The molecule has 0 fully saturated rings. The fourth-order valence-corrected chi connectivity index (χ4v) is 1.97. The number of hydrogen-bond acceptors (Lipinski definition) is 2. The summed E-state index contributed by atoms with van der Waals surface area (Å²) in [6, 6.07) is 16.0. The van der Waals surface area contributed by atoms with Gasteiger partial charge in [0.2, 0.25) is 0 Å². The average molecular weight is 257 g/mol. The van der Waals surface area contributed by atoms with Crippen molar-refractivity contribution in [3.8, 4) is 16.9 Å². The van der Waals surface area contributed by atoms with Gasteiger partial charge in [-0.15, -0.1) is 0 Å². The van der Waals surface area contributed by atoms with Crippen LogP contribution in [0.1, 0.15) is 12.5 Å². The highest BCUT2D eigenvalue weighted by Gasteiger charge is 2.08. The number of ether oxygens (including phenoxy) is 1. The van der Waals surface area contributed by atoms with Crippen LogP contribution in [0.4, 0.5) is 0 Å². The molecule has 0 bridgehead atoms. The van der Waals surface area contributed by atoms with Gasteiger partial charge in [0.25, 0.3) is 0 Å². The SMILES string of the molecule is CCOc1ccc(-c2ccccc2)cc1C(N)=S. The van der Waals surface area contributed by atoms with Gasteiger partial charge in [-0.1, -0.05) is 48.6 Å². The summed E-state index contributed by atoms with van der Waals surface area (Å²) < 4.78 is 5.52. The minimum absolute atomic E-state index is 0.358. The second-order valence-electron chi connectivity index (χ2n) is 3.87. The molecule has 0 saturated heterocycles. The van der Waals surface area contributed by atoms with Crippen LogP contribution in [0, 0.1) is 0 Å². The molecule has 0 amide bonds. The lowest BCUT2D eigenvalue weighted by Gasteiger charge is -2.11. The number of hydrogen-bond donors (Lipinski definition) is 1. The molecule has 0 atom stereocenters. The summed E-state index contributed by atoms with van der Waals surface area (Å²) >= 11 is 5.07. The summed E-state index contributed by atoms with van der Waals surface area (Å²) in [6.07, 6.45) is 0. The third kappa shape index (κ3) is 2.68. The van der Waals surface area contributed by atoms with Gasteiger partial charge in [0, 0.05) is 0 Å². The lowest BCUT2D eigenvalue weighted by molar-refractivity contribution is 0.339. The van der Waals surface area contributed by atoms with E-state index in [9.17, 15) is 0 Å². The second-order valence-corrected chi connectivity index (χ2v) is 4.31. The number of thiocarbonyl (C=S) groups is 1. The summed E-state index contributed by atoms with van der Waals surface area (Å²) in [5, 5.41) is 0. The van der Waals surface area contributed by atoms with Crippen LogP contribution in [0.5, 0.6) is 5.75 Å². The van der Waals surface area contributed by atoms with Crippen molar-refractivity contribution in [2.45, 2.75) is 6.92 Å². The number of nitrogens with two attached hydrogens (primary N) is 1. The Labute approximate surface area is 112 Å². The molecule has 0 aliphatic rings. The van der Waals surface area contributed by atoms with Gasteiger partial charge in [-0.05, 0) is 30.2 Å². The number of benzene rings is 2. The Bertz CT molecular complexity index is 552. The third-order valence-electron chi connectivity index (χ3n) is 2.65. The van der Waals surface area contributed by atoms with Crippen LogP contribution in [0.25, 0.3) is 11.1 Å². The summed E-state index contributed by atoms with van der Waals surface area (Å²) in [6.45, 7) is 2.54. The molecule has 0 saturated carbocycles.